The van der Waals surface area contributed by atoms with Gasteiger partial charge in [-0.2, -0.15) is 0 Å². The van der Waals surface area contributed by atoms with Gasteiger partial charge in [-0.3, -0.25) is 4.79 Å². The van der Waals surface area contributed by atoms with Crippen LogP contribution < -0.4 is 5.32 Å². The molecule has 0 spiro atoms. The van der Waals surface area contributed by atoms with Crippen molar-refractivity contribution in [1.82, 2.24) is 0 Å². The standard InChI is InChI=1S/C29H47NOS/c1-8-10-12-14-23-16-17-24(15-13-11-9-2)32-28(23)29(31)30-27-25(20(3)4)18-22(7)19-26(27)21(5)6/h16-21,23-24,28H,8-15H2,1-7H3,(H,30,31)/t23-,24+,28+/m0/s1. The second-order valence-corrected chi connectivity index (χ2v) is 11.6. The van der Waals surface area contributed by atoms with Crippen LogP contribution in [-0.4, -0.2) is 16.4 Å². The van der Waals surface area contributed by atoms with E-state index in [9.17, 15) is 4.79 Å². The molecule has 1 heterocycles. The van der Waals surface area contributed by atoms with Gasteiger partial charge in [0.1, 0.15) is 0 Å². The van der Waals surface area contributed by atoms with E-state index in [0.29, 0.717) is 23.0 Å². The van der Waals surface area contributed by atoms with Gasteiger partial charge in [0.25, 0.3) is 0 Å². The van der Waals surface area contributed by atoms with Gasteiger partial charge < -0.3 is 5.32 Å². The van der Waals surface area contributed by atoms with Crippen LogP contribution in [0.3, 0.4) is 0 Å². The summed E-state index contributed by atoms with van der Waals surface area (Å²) in [7, 11) is 0. The van der Waals surface area contributed by atoms with Crippen molar-refractivity contribution < 1.29 is 4.79 Å². The number of rotatable bonds is 12. The molecule has 1 aromatic rings. The third-order valence-corrected chi connectivity index (χ3v) is 8.21. The number of aryl methyl sites for hydroxylation is 1. The maximum atomic E-state index is 13.8. The summed E-state index contributed by atoms with van der Waals surface area (Å²) in [5, 5.41) is 3.92. The molecule has 0 bridgehead atoms. The van der Waals surface area contributed by atoms with Gasteiger partial charge in [-0.15, -0.1) is 11.8 Å². The molecule has 3 atom stereocenters. The van der Waals surface area contributed by atoms with E-state index in [0.717, 1.165) is 12.1 Å². The smallest absolute Gasteiger partial charge is 0.238 e. The molecule has 0 aromatic heterocycles. The van der Waals surface area contributed by atoms with Crippen LogP contribution in [0.15, 0.2) is 24.3 Å². The summed E-state index contributed by atoms with van der Waals surface area (Å²) in [5.74, 6) is 1.30. The fourth-order valence-corrected chi connectivity index (χ4v) is 6.16. The Bertz CT molecular complexity index is 723. The normalized spacial score (nSPS) is 20.8. The Morgan fingerprint density at radius 3 is 2.00 bits per heavy atom. The summed E-state index contributed by atoms with van der Waals surface area (Å²) in [5.41, 5.74) is 4.87. The minimum Gasteiger partial charge on any atom is -0.325 e. The molecule has 0 saturated heterocycles. The van der Waals surface area contributed by atoms with Crippen LogP contribution in [0, 0.1) is 12.8 Å². The Kier molecular flexibility index (Phi) is 11.4. The third-order valence-electron chi connectivity index (χ3n) is 6.61. The zero-order valence-electron chi connectivity index (χ0n) is 21.7. The Balaban J connectivity index is 2.28. The summed E-state index contributed by atoms with van der Waals surface area (Å²) >= 11 is 1.91. The van der Waals surface area contributed by atoms with Gasteiger partial charge in [0.05, 0.1) is 5.25 Å². The largest absolute Gasteiger partial charge is 0.325 e. The molecule has 180 valence electrons. The molecule has 0 fully saturated rings. The molecular formula is C29H47NOS. The predicted molar refractivity (Wildman–Crippen MR) is 144 cm³/mol. The predicted octanol–water partition coefficient (Wildman–Crippen LogP) is 9.00. The molecule has 1 amide bonds. The first-order valence-corrected chi connectivity index (χ1v) is 14.0. The van der Waals surface area contributed by atoms with Crippen LogP contribution in [0.4, 0.5) is 5.69 Å². The molecular weight excluding hydrogens is 410 g/mol. The maximum Gasteiger partial charge on any atom is 0.238 e. The first kappa shape index (κ1) is 27.0. The molecule has 0 radical (unpaired) electrons. The number of hydrogen-bond donors (Lipinski definition) is 1. The highest BCUT2D eigenvalue weighted by molar-refractivity contribution is 8.01. The number of amides is 1. The molecule has 32 heavy (non-hydrogen) atoms. The van der Waals surface area contributed by atoms with Crippen molar-refractivity contribution in [3.05, 3.63) is 41.0 Å². The van der Waals surface area contributed by atoms with Crippen LogP contribution in [0.25, 0.3) is 0 Å². The molecule has 1 aromatic carbocycles. The maximum absolute atomic E-state index is 13.8. The minimum absolute atomic E-state index is 0.00445. The van der Waals surface area contributed by atoms with Gasteiger partial charge >= 0.3 is 0 Å². The molecule has 0 aliphatic carbocycles. The molecule has 3 heteroatoms. The second-order valence-electron chi connectivity index (χ2n) is 10.3. The van der Waals surface area contributed by atoms with Crippen molar-refractivity contribution in [3.63, 3.8) is 0 Å². The van der Waals surface area contributed by atoms with Gasteiger partial charge in [-0.25, -0.2) is 0 Å². The number of unbranched alkanes of at least 4 members (excludes halogenated alkanes) is 4. The lowest BCUT2D eigenvalue weighted by atomic mass is 9.90. The van der Waals surface area contributed by atoms with Gasteiger partial charge in [0.15, 0.2) is 0 Å². The molecule has 1 N–H and O–H groups in total. The van der Waals surface area contributed by atoms with Crippen molar-refractivity contribution in [1.29, 1.82) is 0 Å². The van der Waals surface area contributed by atoms with E-state index in [1.807, 2.05) is 11.8 Å². The first-order valence-electron chi connectivity index (χ1n) is 13.1. The van der Waals surface area contributed by atoms with Gasteiger partial charge in [-0.1, -0.05) is 110 Å². The Morgan fingerprint density at radius 1 is 0.906 bits per heavy atom. The van der Waals surface area contributed by atoms with Crippen molar-refractivity contribution in [3.8, 4) is 0 Å². The van der Waals surface area contributed by atoms with E-state index in [2.05, 4.69) is 78.1 Å². The summed E-state index contributed by atoms with van der Waals surface area (Å²) in [6, 6.07) is 4.51. The van der Waals surface area contributed by atoms with Gasteiger partial charge in [0.2, 0.25) is 5.91 Å². The lowest BCUT2D eigenvalue weighted by Gasteiger charge is -2.32. The SMILES string of the molecule is CCCCC[C@H]1C=C[C@@H](CCCCC)S[C@H]1C(=O)Nc1c(C(C)C)cc(C)cc1C(C)C. The molecule has 0 saturated carbocycles. The van der Waals surface area contributed by atoms with Gasteiger partial charge in [-0.05, 0) is 48.6 Å². The topological polar surface area (TPSA) is 29.1 Å². The van der Waals surface area contributed by atoms with E-state index < -0.39 is 0 Å². The van der Waals surface area contributed by atoms with Crippen molar-refractivity contribution in [2.45, 2.75) is 122 Å². The molecule has 0 unspecified atom stereocenters. The monoisotopic (exact) mass is 457 g/mol. The number of thioether (sulfide) groups is 1. The number of anilines is 1. The van der Waals surface area contributed by atoms with Crippen molar-refractivity contribution in [2.75, 3.05) is 5.32 Å². The minimum atomic E-state index is 0.00445. The van der Waals surface area contributed by atoms with Crippen molar-refractivity contribution in [2.24, 2.45) is 5.92 Å². The number of benzene rings is 1. The van der Waals surface area contributed by atoms with E-state index in [1.165, 1.54) is 61.6 Å². The summed E-state index contributed by atoms with van der Waals surface area (Å²) in [6.45, 7) is 15.6. The fraction of sp³-hybridized carbons (Fsp3) is 0.690. The summed E-state index contributed by atoms with van der Waals surface area (Å²) < 4.78 is 0. The van der Waals surface area contributed by atoms with Gasteiger partial charge in [0, 0.05) is 10.9 Å². The zero-order chi connectivity index (χ0) is 23.7. The summed E-state index contributed by atoms with van der Waals surface area (Å²) in [4.78, 5) is 13.8. The highest BCUT2D eigenvalue weighted by atomic mass is 32.2. The lowest BCUT2D eigenvalue weighted by Crippen LogP contribution is -2.35. The van der Waals surface area contributed by atoms with Crippen LogP contribution in [-0.2, 0) is 4.79 Å². The number of nitrogens with one attached hydrogen (secondary N) is 1. The van der Waals surface area contributed by atoms with Crippen molar-refractivity contribution >= 4 is 23.4 Å². The Hall–Kier alpha value is -1.22. The van der Waals surface area contributed by atoms with Crippen LogP contribution in [0.5, 0.6) is 0 Å². The molecule has 1 aliphatic rings. The molecule has 2 rings (SSSR count). The first-order chi connectivity index (χ1) is 15.3. The van der Waals surface area contributed by atoms with E-state index >= 15 is 0 Å². The highest BCUT2D eigenvalue weighted by Gasteiger charge is 2.33. The molecule has 2 nitrogen and oxygen atoms in total. The second kappa shape index (κ2) is 13.5. The Labute approximate surface area is 202 Å². The quantitative estimate of drug-likeness (QED) is 0.250. The number of allylic oxidation sites excluding steroid dienone is 1. The summed E-state index contributed by atoms with van der Waals surface area (Å²) in [6.07, 6.45) is 14.5. The number of carbonyl (C=O) groups is 1. The van der Waals surface area contributed by atoms with E-state index in [4.69, 9.17) is 0 Å². The zero-order valence-corrected chi connectivity index (χ0v) is 22.5. The number of carbonyl (C=O) groups excluding carboxylic acids is 1. The fourth-order valence-electron chi connectivity index (χ4n) is 4.69. The van der Waals surface area contributed by atoms with Crippen LogP contribution in [0.2, 0.25) is 0 Å². The van der Waals surface area contributed by atoms with Crippen LogP contribution in [0.1, 0.15) is 121 Å². The average molecular weight is 458 g/mol. The Morgan fingerprint density at radius 2 is 1.47 bits per heavy atom. The lowest BCUT2D eigenvalue weighted by molar-refractivity contribution is -0.116. The van der Waals surface area contributed by atoms with E-state index in [-0.39, 0.29) is 11.2 Å². The highest BCUT2D eigenvalue weighted by Crippen LogP contribution is 2.39. The average Bonchev–Trinajstić information content (AvgIpc) is 2.75. The number of hydrogen-bond acceptors (Lipinski definition) is 2. The van der Waals surface area contributed by atoms with Crippen LogP contribution >= 0.6 is 11.8 Å². The van der Waals surface area contributed by atoms with E-state index in [1.54, 1.807) is 0 Å². The molecule has 1 aliphatic heterocycles. The third kappa shape index (κ3) is 7.68.